The van der Waals surface area contributed by atoms with Gasteiger partial charge in [-0.15, -0.1) is 0 Å². The third kappa shape index (κ3) is 36.0. The number of hydrogen-bond acceptors (Lipinski definition) is 18. The van der Waals surface area contributed by atoms with E-state index in [9.17, 15) is 38.1 Å². The monoisotopic (exact) mass is 1010 g/mol. The molecule has 0 saturated carbocycles. The van der Waals surface area contributed by atoms with Crippen LogP contribution in [-0.2, 0) is 59.9 Å². The van der Waals surface area contributed by atoms with E-state index in [1.165, 1.54) is 0 Å². The zero-order valence-electron chi connectivity index (χ0n) is 40.7. The molecule has 0 bridgehead atoms. The Morgan fingerprint density at radius 2 is 0.838 bits per heavy atom. The zero-order chi connectivity index (χ0) is 52.0. The minimum Gasteiger partial charge on any atom is -0.756 e. The molecule has 2 aromatic rings. The predicted molar refractivity (Wildman–Crippen MR) is 246 cm³/mol. The van der Waals surface area contributed by atoms with Crippen LogP contribution in [0.5, 0.6) is 11.5 Å². The predicted octanol–water partition coefficient (Wildman–Crippen LogP) is 5.02. The molecule has 0 aliphatic heterocycles. The summed E-state index contributed by atoms with van der Waals surface area (Å²) in [6.07, 6.45) is 5.88. The number of aliphatic hydroxyl groups is 2. The van der Waals surface area contributed by atoms with Crippen LogP contribution in [0.1, 0.15) is 111 Å². The maximum absolute atomic E-state index is 11.9. The maximum Gasteiger partial charge on any atom is 0.407 e. The van der Waals surface area contributed by atoms with Gasteiger partial charge in [-0.3, -0.25) is 9.13 Å². The van der Waals surface area contributed by atoms with Crippen molar-refractivity contribution in [2.75, 3.05) is 67.0 Å². The number of aliphatic hydroxyl groups excluding tert-OH is 2. The van der Waals surface area contributed by atoms with Crippen molar-refractivity contribution in [3.63, 3.8) is 0 Å². The van der Waals surface area contributed by atoms with E-state index in [4.69, 9.17) is 48.4 Å². The molecule has 0 aliphatic rings. The average molecular weight is 1010 g/mol. The SMILES string of the molecule is CCCOCC(=O)Oc1c(C)cc(COC(=O)NCCCCCCOP(=O)([O-])O)cc1C.CCCOCC(=O)Oc1c(C)cc(COC(=O)NCCCCCCOP(=O)([O-])O)cc1C.CO.CO. The quantitative estimate of drug-likeness (QED) is 0.0259. The van der Waals surface area contributed by atoms with Crippen molar-refractivity contribution in [3.8, 4) is 11.5 Å². The van der Waals surface area contributed by atoms with Crippen LogP contribution in [0.15, 0.2) is 24.3 Å². The number of nitrogens with one attached hydrogen (secondary N) is 2. The van der Waals surface area contributed by atoms with Crippen molar-refractivity contribution in [1.29, 1.82) is 0 Å². The number of carbonyl (C=O) groups is 4. The lowest BCUT2D eigenvalue weighted by Gasteiger charge is -2.15. The summed E-state index contributed by atoms with van der Waals surface area (Å²) in [5, 5.41) is 19.3. The lowest BCUT2D eigenvalue weighted by Crippen LogP contribution is -2.25. The van der Waals surface area contributed by atoms with Crippen molar-refractivity contribution >= 4 is 39.8 Å². The van der Waals surface area contributed by atoms with Gasteiger partial charge in [-0.1, -0.05) is 39.5 Å². The van der Waals surface area contributed by atoms with Crippen LogP contribution in [0.25, 0.3) is 0 Å². The Kier molecular flexibility index (Phi) is 38.7. The minimum atomic E-state index is -4.65. The molecule has 0 aliphatic carbocycles. The van der Waals surface area contributed by atoms with Gasteiger partial charge in [0.05, 0.1) is 13.2 Å². The van der Waals surface area contributed by atoms with Crippen molar-refractivity contribution in [2.45, 2.75) is 119 Å². The van der Waals surface area contributed by atoms with Crippen LogP contribution in [0, 0.1) is 27.7 Å². The van der Waals surface area contributed by atoms with Gasteiger partial charge >= 0.3 is 24.1 Å². The molecular weight excluding hydrogens is 938 g/mol. The van der Waals surface area contributed by atoms with Gasteiger partial charge < -0.3 is 77.9 Å². The third-order valence-corrected chi connectivity index (χ3v) is 9.56. The van der Waals surface area contributed by atoms with Crippen molar-refractivity contribution in [2.24, 2.45) is 0 Å². The highest BCUT2D eigenvalue weighted by atomic mass is 31.2. The Hall–Kier alpha value is -4.02. The van der Waals surface area contributed by atoms with Crippen molar-refractivity contribution < 1.29 is 95.6 Å². The maximum atomic E-state index is 11.9. The first-order valence-corrected chi connectivity index (χ1v) is 25.1. The summed E-state index contributed by atoms with van der Waals surface area (Å²) in [6, 6.07) is 7.19. The minimum absolute atomic E-state index is 0.0593. The molecule has 6 N–H and O–H groups in total. The fourth-order valence-electron chi connectivity index (χ4n) is 5.76. The van der Waals surface area contributed by atoms with E-state index >= 15 is 0 Å². The number of unbranched alkanes of at least 4 members (excludes halogenated alkanes) is 6. The number of amides is 2. The second kappa shape index (κ2) is 39.8. The number of phosphoric acid groups is 2. The average Bonchev–Trinajstić information content (AvgIpc) is 3.27. The van der Waals surface area contributed by atoms with Gasteiger partial charge in [0.25, 0.3) is 15.6 Å². The summed E-state index contributed by atoms with van der Waals surface area (Å²) in [6.45, 7) is 12.8. The molecule has 2 aromatic carbocycles. The standard InChI is InChI=1S/2C21H34NO9P.2CH4O/c2*1-4-10-28-15-19(23)31-20-16(2)12-18(13-17(20)3)14-29-21(24)22-9-7-5-6-8-11-30-32(25,26)27;2*1-2/h2*12-13H,4-11,14-15H2,1-3H3,(H,22,24)(H2,25,26,27);2*2H,1H3/p-2. The largest absolute Gasteiger partial charge is 0.756 e. The fourth-order valence-corrected chi connectivity index (χ4v) is 6.48. The number of ether oxygens (including phenoxy) is 6. The number of carbonyl (C=O) groups excluding carboxylic acids is 4. The second-order valence-corrected chi connectivity index (χ2v) is 17.0. The van der Waals surface area contributed by atoms with E-state index in [2.05, 4.69) is 19.7 Å². The Balaban J connectivity index is 0. The van der Waals surface area contributed by atoms with Crippen LogP contribution >= 0.6 is 15.6 Å². The van der Waals surface area contributed by atoms with Crippen LogP contribution in [0.3, 0.4) is 0 Å². The summed E-state index contributed by atoms with van der Waals surface area (Å²) in [4.78, 5) is 85.2. The molecule has 0 saturated heterocycles. The van der Waals surface area contributed by atoms with Gasteiger partial charge in [0.1, 0.15) is 37.9 Å². The molecule has 0 heterocycles. The first-order valence-electron chi connectivity index (χ1n) is 22.1. The van der Waals surface area contributed by atoms with Crippen LogP contribution in [-0.4, -0.2) is 111 Å². The topological polar surface area (TPSA) is 327 Å². The lowest BCUT2D eigenvalue weighted by atomic mass is 10.1. The number of aryl methyl sites for hydroxylation is 4. The molecule has 22 nitrogen and oxygen atoms in total. The molecule has 0 fully saturated rings. The summed E-state index contributed by atoms with van der Waals surface area (Å²) < 4.78 is 60.9. The van der Waals surface area contributed by atoms with Gasteiger partial charge in [0, 0.05) is 40.5 Å². The Morgan fingerprint density at radius 1 is 0.529 bits per heavy atom. The molecule has 2 atom stereocenters. The van der Waals surface area contributed by atoms with Crippen molar-refractivity contribution in [3.05, 3.63) is 57.6 Å². The number of hydrogen-bond donors (Lipinski definition) is 6. The number of alkyl carbamates (subject to hydrolysis) is 2. The summed E-state index contributed by atoms with van der Waals surface area (Å²) in [7, 11) is -7.29. The van der Waals surface area contributed by atoms with Gasteiger partial charge in [-0.25, -0.2) is 19.2 Å². The Labute approximate surface area is 400 Å². The Morgan fingerprint density at radius 3 is 1.13 bits per heavy atom. The molecule has 0 aromatic heterocycles. The second-order valence-electron chi connectivity index (χ2n) is 14.6. The highest BCUT2D eigenvalue weighted by Crippen LogP contribution is 2.31. The van der Waals surface area contributed by atoms with E-state index in [-0.39, 0.29) is 39.6 Å². The molecule has 68 heavy (non-hydrogen) atoms. The third-order valence-electron chi connectivity index (χ3n) is 8.54. The smallest absolute Gasteiger partial charge is 0.407 e. The van der Waals surface area contributed by atoms with E-state index in [0.717, 1.165) is 73.3 Å². The van der Waals surface area contributed by atoms with Gasteiger partial charge in [0.2, 0.25) is 0 Å². The number of benzene rings is 2. The Bertz CT molecular complexity index is 1650. The molecule has 24 heteroatoms. The highest BCUT2D eigenvalue weighted by molar-refractivity contribution is 7.45. The molecule has 2 unspecified atom stereocenters. The van der Waals surface area contributed by atoms with Gasteiger partial charge in [0.15, 0.2) is 0 Å². The first kappa shape index (κ1) is 66.1. The van der Waals surface area contributed by atoms with E-state index in [0.29, 0.717) is 76.3 Å². The van der Waals surface area contributed by atoms with E-state index < -0.39 is 39.8 Å². The summed E-state index contributed by atoms with van der Waals surface area (Å²) in [5.41, 5.74) is 4.57. The first-order chi connectivity index (χ1) is 32.2. The summed E-state index contributed by atoms with van der Waals surface area (Å²) in [5.74, 6) is 0.0372. The molecule has 0 spiro atoms. The van der Waals surface area contributed by atoms with Crippen LogP contribution in [0.4, 0.5) is 9.59 Å². The highest BCUT2D eigenvalue weighted by Gasteiger charge is 2.15. The molecule has 2 amide bonds. The normalized spacial score (nSPS) is 12.2. The lowest BCUT2D eigenvalue weighted by molar-refractivity contribution is -0.221. The van der Waals surface area contributed by atoms with Crippen LogP contribution < -0.4 is 29.9 Å². The molecule has 392 valence electrons. The molecule has 2 rings (SSSR count). The zero-order valence-corrected chi connectivity index (χ0v) is 42.5. The van der Waals surface area contributed by atoms with Gasteiger partial charge in [-0.05, 0) is 124 Å². The molecular formula is C44H74N2O20P2-2. The van der Waals surface area contributed by atoms with Crippen molar-refractivity contribution in [1.82, 2.24) is 10.6 Å². The van der Waals surface area contributed by atoms with E-state index in [1.807, 2.05) is 41.5 Å². The number of esters is 2. The molecule has 0 radical (unpaired) electrons. The number of phosphoric ester groups is 2. The van der Waals surface area contributed by atoms with Crippen LogP contribution in [0.2, 0.25) is 0 Å². The van der Waals surface area contributed by atoms with E-state index in [1.54, 1.807) is 24.3 Å². The fraction of sp³-hybridized carbons (Fsp3) is 0.636. The van der Waals surface area contributed by atoms with Gasteiger partial charge in [-0.2, -0.15) is 0 Å². The summed E-state index contributed by atoms with van der Waals surface area (Å²) >= 11 is 0. The number of rotatable bonds is 30.